The lowest BCUT2D eigenvalue weighted by molar-refractivity contribution is -0.142. The average Bonchev–Trinajstić information content (AvgIpc) is 2.20. The lowest BCUT2D eigenvalue weighted by Crippen LogP contribution is -2.28. The van der Waals surface area contributed by atoms with Crippen molar-refractivity contribution in [1.82, 2.24) is 4.90 Å². The van der Waals surface area contributed by atoms with Gasteiger partial charge in [0.15, 0.2) is 0 Å². The molecule has 0 heterocycles. The van der Waals surface area contributed by atoms with Crippen molar-refractivity contribution in [1.29, 1.82) is 0 Å². The maximum Gasteiger partial charge on any atom is 0.409 e. The van der Waals surface area contributed by atoms with Gasteiger partial charge in [-0.25, -0.2) is 4.79 Å². The largest absolute Gasteiger partial charge is 0.481 e. The normalized spacial score (nSPS) is 26.5. The van der Waals surface area contributed by atoms with Crippen LogP contribution in [-0.2, 0) is 9.53 Å². The number of hydrogen-bond donors (Lipinski definition) is 1. The van der Waals surface area contributed by atoms with Crippen LogP contribution in [0.3, 0.4) is 0 Å². The van der Waals surface area contributed by atoms with Crippen LogP contribution in [0.1, 0.15) is 25.7 Å². The Kier molecular flexibility index (Phi) is 5.00. The van der Waals surface area contributed by atoms with Gasteiger partial charge in [0.1, 0.15) is 6.10 Å². The summed E-state index contributed by atoms with van der Waals surface area (Å²) >= 11 is 0. The number of carboxylic acid groups (broad SMARTS) is 1. The third kappa shape index (κ3) is 4.46. The molecule has 5 nitrogen and oxygen atoms in total. The predicted octanol–water partition coefficient (Wildman–Crippen LogP) is 1.88. The third-order valence-electron chi connectivity index (χ3n) is 2.78. The molecule has 1 rings (SSSR count). The van der Waals surface area contributed by atoms with E-state index < -0.39 is 5.97 Å². The van der Waals surface area contributed by atoms with Gasteiger partial charge in [-0.2, -0.15) is 0 Å². The van der Waals surface area contributed by atoms with E-state index in [4.69, 9.17) is 9.84 Å². The summed E-state index contributed by atoms with van der Waals surface area (Å²) in [6, 6.07) is 0. The third-order valence-corrected chi connectivity index (χ3v) is 2.78. The van der Waals surface area contributed by atoms with Crippen LogP contribution < -0.4 is 0 Å². The molecule has 0 spiro atoms. The van der Waals surface area contributed by atoms with Crippen molar-refractivity contribution in [2.75, 3.05) is 14.1 Å². The van der Waals surface area contributed by atoms with Gasteiger partial charge >= 0.3 is 12.1 Å². The highest BCUT2D eigenvalue weighted by Crippen LogP contribution is 2.20. The fraction of sp³-hybridized carbons (Fsp3) is 0.667. The number of allylic oxidation sites excluding steroid dienone is 1. The Labute approximate surface area is 101 Å². The van der Waals surface area contributed by atoms with Crippen molar-refractivity contribution in [3.63, 3.8) is 0 Å². The summed E-state index contributed by atoms with van der Waals surface area (Å²) in [6.07, 6.45) is 5.56. The first-order valence-corrected chi connectivity index (χ1v) is 5.78. The first-order chi connectivity index (χ1) is 8.00. The average molecular weight is 241 g/mol. The molecule has 1 aliphatic rings. The van der Waals surface area contributed by atoms with Gasteiger partial charge in [0.05, 0.1) is 5.92 Å². The van der Waals surface area contributed by atoms with Crippen LogP contribution in [0.25, 0.3) is 0 Å². The molecule has 0 saturated heterocycles. The molecule has 2 unspecified atom stereocenters. The molecule has 0 fully saturated rings. The van der Waals surface area contributed by atoms with E-state index in [9.17, 15) is 9.59 Å². The summed E-state index contributed by atoms with van der Waals surface area (Å²) in [4.78, 5) is 23.6. The van der Waals surface area contributed by atoms with Gasteiger partial charge in [-0.3, -0.25) is 4.79 Å². The van der Waals surface area contributed by atoms with Gasteiger partial charge in [-0.1, -0.05) is 6.08 Å². The fourth-order valence-corrected chi connectivity index (χ4v) is 1.73. The molecule has 0 aromatic heterocycles. The maximum absolute atomic E-state index is 11.4. The summed E-state index contributed by atoms with van der Waals surface area (Å²) in [7, 11) is 3.27. The molecule has 96 valence electrons. The molecular formula is C12H19NO4. The van der Waals surface area contributed by atoms with Crippen LogP contribution in [0.2, 0.25) is 0 Å². The Hall–Kier alpha value is -1.52. The topological polar surface area (TPSA) is 66.8 Å². The van der Waals surface area contributed by atoms with E-state index in [2.05, 4.69) is 0 Å². The predicted molar refractivity (Wildman–Crippen MR) is 62.7 cm³/mol. The molecule has 5 heteroatoms. The Balaban J connectivity index is 2.50. The van der Waals surface area contributed by atoms with Crippen molar-refractivity contribution in [2.45, 2.75) is 31.8 Å². The maximum atomic E-state index is 11.4. The van der Waals surface area contributed by atoms with Crippen LogP contribution >= 0.6 is 0 Å². The SMILES string of the molecule is CN(C)C(=O)OC1/C=C/CC(C(=O)O)CCC1. The molecule has 1 amide bonds. The van der Waals surface area contributed by atoms with Gasteiger partial charge in [0.2, 0.25) is 0 Å². The van der Waals surface area contributed by atoms with Crippen LogP contribution in [0.5, 0.6) is 0 Å². The van der Waals surface area contributed by atoms with Gasteiger partial charge < -0.3 is 14.7 Å². The van der Waals surface area contributed by atoms with E-state index in [0.717, 1.165) is 6.42 Å². The summed E-state index contributed by atoms with van der Waals surface area (Å²) in [5.41, 5.74) is 0. The number of amides is 1. The molecule has 0 aromatic carbocycles. The zero-order valence-electron chi connectivity index (χ0n) is 10.3. The van der Waals surface area contributed by atoms with Gasteiger partial charge in [-0.15, -0.1) is 0 Å². The molecule has 0 saturated carbocycles. The molecule has 1 N–H and O–H groups in total. The van der Waals surface area contributed by atoms with Gasteiger partial charge in [0.25, 0.3) is 0 Å². The highest BCUT2D eigenvalue weighted by atomic mass is 16.6. The first kappa shape index (κ1) is 13.5. The quantitative estimate of drug-likeness (QED) is 0.750. The number of hydrogen-bond acceptors (Lipinski definition) is 3. The van der Waals surface area contributed by atoms with Crippen LogP contribution in [-0.4, -0.2) is 42.3 Å². The van der Waals surface area contributed by atoms with E-state index in [1.165, 1.54) is 4.90 Å². The van der Waals surface area contributed by atoms with Crippen LogP contribution in [0.15, 0.2) is 12.2 Å². The minimum Gasteiger partial charge on any atom is -0.481 e. The number of carboxylic acids is 1. The Morgan fingerprint density at radius 3 is 2.65 bits per heavy atom. The van der Waals surface area contributed by atoms with Crippen molar-refractivity contribution >= 4 is 12.1 Å². The molecule has 1 aliphatic carbocycles. The van der Waals surface area contributed by atoms with Crippen molar-refractivity contribution in [2.24, 2.45) is 5.92 Å². The number of rotatable bonds is 2. The lowest BCUT2D eigenvalue weighted by Gasteiger charge is -2.20. The Morgan fingerprint density at radius 2 is 2.06 bits per heavy atom. The monoisotopic (exact) mass is 241 g/mol. The summed E-state index contributed by atoms with van der Waals surface area (Å²) in [6.45, 7) is 0. The van der Waals surface area contributed by atoms with E-state index in [1.54, 1.807) is 26.2 Å². The van der Waals surface area contributed by atoms with Crippen molar-refractivity contribution < 1.29 is 19.4 Å². The number of ether oxygens (including phenoxy) is 1. The second kappa shape index (κ2) is 6.27. The highest BCUT2D eigenvalue weighted by Gasteiger charge is 2.20. The molecule has 0 radical (unpaired) electrons. The lowest BCUT2D eigenvalue weighted by atomic mass is 9.94. The van der Waals surface area contributed by atoms with Crippen molar-refractivity contribution in [3.8, 4) is 0 Å². The zero-order valence-corrected chi connectivity index (χ0v) is 10.3. The van der Waals surface area contributed by atoms with Crippen molar-refractivity contribution in [3.05, 3.63) is 12.2 Å². The molecule has 0 bridgehead atoms. The molecule has 2 atom stereocenters. The molecular weight excluding hydrogens is 222 g/mol. The van der Waals surface area contributed by atoms with Gasteiger partial charge in [0, 0.05) is 14.1 Å². The summed E-state index contributed by atoms with van der Waals surface area (Å²) < 4.78 is 5.24. The van der Waals surface area contributed by atoms with Crippen LogP contribution in [0.4, 0.5) is 4.79 Å². The van der Waals surface area contributed by atoms with Gasteiger partial charge in [-0.05, 0) is 31.8 Å². The number of carbonyl (C=O) groups is 2. The minimum atomic E-state index is -0.751. The molecule has 17 heavy (non-hydrogen) atoms. The minimum absolute atomic E-state index is 0.236. The standard InChI is InChI=1S/C12H19NO4/c1-13(2)12(16)17-10-7-3-5-9(11(14)15)6-4-8-10/h3,7,9-10H,4-6,8H2,1-2H3,(H,14,15)/b7-3+. The Bertz CT molecular complexity index is 312. The van der Waals surface area contributed by atoms with E-state index >= 15 is 0 Å². The first-order valence-electron chi connectivity index (χ1n) is 5.78. The second-order valence-corrected chi connectivity index (χ2v) is 4.45. The number of carbonyl (C=O) groups excluding carboxylic acids is 1. The van der Waals surface area contributed by atoms with E-state index in [1.807, 2.05) is 0 Å². The zero-order chi connectivity index (χ0) is 12.8. The number of nitrogens with zero attached hydrogens (tertiary/aromatic N) is 1. The fourth-order valence-electron chi connectivity index (χ4n) is 1.73. The van der Waals surface area contributed by atoms with Crippen LogP contribution in [0, 0.1) is 5.92 Å². The highest BCUT2D eigenvalue weighted by molar-refractivity contribution is 5.70. The smallest absolute Gasteiger partial charge is 0.409 e. The Morgan fingerprint density at radius 1 is 1.35 bits per heavy atom. The number of aliphatic carboxylic acids is 1. The summed E-state index contributed by atoms with van der Waals surface area (Å²) in [5.74, 6) is -1.06. The second-order valence-electron chi connectivity index (χ2n) is 4.45. The molecule has 0 aromatic rings. The van der Waals surface area contributed by atoms with E-state index in [0.29, 0.717) is 19.3 Å². The van der Waals surface area contributed by atoms with E-state index in [-0.39, 0.29) is 18.1 Å². The molecule has 0 aliphatic heterocycles. The summed E-state index contributed by atoms with van der Waals surface area (Å²) in [5, 5.41) is 8.91.